The molecule has 118 valence electrons. The summed E-state index contributed by atoms with van der Waals surface area (Å²) >= 11 is 3.54. The first-order valence-electron chi connectivity index (χ1n) is 7.87. The van der Waals surface area contributed by atoms with Crippen LogP contribution >= 0.6 is 23.1 Å². The van der Waals surface area contributed by atoms with Crippen LogP contribution in [0.4, 0.5) is 0 Å². The molecular weight excluding hydrogens is 324 g/mol. The number of rotatable bonds is 4. The number of hydrogen-bond donors (Lipinski definition) is 0. The molecular formula is C18H18N2OS2. The van der Waals surface area contributed by atoms with Crippen molar-refractivity contribution >= 4 is 33.3 Å². The number of aromatic nitrogens is 2. The largest absolute Gasteiger partial charge is 0.377 e. The predicted molar refractivity (Wildman–Crippen MR) is 97.3 cm³/mol. The van der Waals surface area contributed by atoms with Crippen LogP contribution < -0.4 is 0 Å². The van der Waals surface area contributed by atoms with Crippen molar-refractivity contribution in [2.24, 2.45) is 0 Å². The van der Waals surface area contributed by atoms with E-state index in [2.05, 4.69) is 40.3 Å². The molecule has 23 heavy (non-hydrogen) atoms. The molecule has 0 spiro atoms. The Kier molecular flexibility index (Phi) is 4.33. The van der Waals surface area contributed by atoms with Crippen LogP contribution in [-0.4, -0.2) is 28.4 Å². The highest BCUT2D eigenvalue weighted by Gasteiger charge is 2.18. The van der Waals surface area contributed by atoms with Gasteiger partial charge in [-0.15, -0.1) is 23.1 Å². The van der Waals surface area contributed by atoms with Crippen molar-refractivity contribution in [3.05, 3.63) is 42.2 Å². The molecule has 0 radical (unpaired) electrons. The maximum Gasteiger partial charge on any atom is 0.128 e. The second-order valence-corrected chi connectivity index (χ2v) is 7.76. The fourth-order valence-electron chi connectivity index (χ4n) is 2.80. The number of fused-ring (bicyclic) bond motifs is 1. The summed E-state index contributed by atoms with van der Waals surface area (Å²) in [6.45, 7) is 2.87. The van der Waals surface area contributed by atoms with Gasteiger partial charge in [-0.05, 0) is 31.4 Å². The van der Waals surface area contributed by atoms with E-state index in [1.165, 1.54) is 28.7 Å². The molecule has 0 bridgehead atoms. The van der Waals surface area contributed by atoms with E-state index in [1.807, 2.05) is 13.0 Å². The summed E-state index contributed by atoms with van der Waals surface area (Å²) in [6, 6.07) is 12.7. The van der Waals surface area contributed by atoms with Gasteiger partial charge in [0, 0.05) is 22.6 Å². The Balaban J connectivity index is 1.67. The number of thioether (sulfide) groups is 1. The Hall–Kier alpha value is -1.43. The van der Waals surface area contributed by atoms with Crippen LogP contribution in [0, 0.1) is 6.92 Å². The molecule has 0 aliphatic carbocycles. The first kappa shape index (κ1) is 15.1. The number of benzene rings is 1. The first-order valence-corrected chi connectivity index (χ1v) is 9.68. The van der Waals surface area contributed by atoms with Gasteiger partial charge in [-0.2, -0.15) is 0 Å². The fourth-order valence-corrected chi connectivity index (χ4v) is 5.06. The molecule has 1 aliphatic rings. The quantitative estimate of drug-likeness (QED) is 0.497. The molecule has 0 unspecified atom stereocenters. The van der Waals surface area contributed by atoms with Gasteiger partial charge in [0.15, 0.2) is 0 Å². The van der Waals surface area contributed by atoms with Gasteiger partial charge in [-0.25, -0.2) is 9.97 Å². The topological polar surface area (TPSA) is 35.0 Å². The maximum atomic E-state index is 5.73. The Labute approximate surface area is 144 Å². The molecule has 0 N–H and O–H groups in total. The highest BCUT2D eigenvalue weighted by molar-refractivity contribution is 7.99. The Bertz CT molecular complexity index is 811. The molecule has 1 atom stereocenters. The van der Waals surface area contributed by atoms with E-state index < -0.39 is 0 Å². The lowest BCUT2D eigenvalue weighted by molar-refractivity contribution is 0.129. The fraction of sp³-hybridized carbons (Fsp3) is 0.333. The molecule has 0 amide bonds. The molecule has 1 aromatic carbocycles. The van der Waals surface area contributed by atoms with Crippen LogP contribution in [0.3, 0.4) is 0 Å². The molecule has 4 rings (SSSR count). The normalized spacial score (nSPS) is 17.9. The van der Waals surface area contributed by atoms with E-state index in [9.17, 15) is 0 Å². The van der Waals surface area contributed by atoms with E-state index in [1.54, 1.807) is 23.1 Å². The zero-order chi connectivity index (χ0) is 15.6. The summed E-state index contributed by atoms with van der Waals surface area (Å²) in [4.78, 5) is 11.6. The molecule has 3 nitrogen and oxygen atoms in total. The number of hydrogen-bond acceptors (Lipinski definition) is 5. The van der Waals surface area contributed by atoms with E-state index in [0.717, 1.165) is 28.0 Å². The van der Waals surface area contributed by atoms with Crippen molar-refractivity contribution in [1.82, 2.24) is 9.97 Å². The third kappa shape index (κ3) is 3.27. The zero-order valence-corrected chi connectivity index (χ0v) is 14.6. The van der Waals surface area contributed by atoms with Gasteiger partial charge in [0.25, 0.3) is 0 Å². The second-order valence-electron chi connectivity index (χ2n) is 5.72. The van der Waals surface area contributed by atoms with Crippen LogP contribution in [-0.2, 0) is 4.74 Å². The molecule has 5 heteroatoms. The van der Waals surface area contributed by atoms with Gasteiger partial charge in [0.2, 0.25) is 0 Å². The van der Waals surface area contributed by atoms with Crippen LogP contribution in [0.5, 0.6) is 0 Å². The van der Waals surface area contributed by atoms with E-state index in [4.69, 9.17) is 4.74 Å². The van der Waals surface area contributed by atoms with Crippen LogP contribution in [0.1, 0.15) is 18.7 Å². The van der Waals surface area contributed by atoms with Gasteiger partial charge in [0.1, 0.15) is 15.7 Å². The summed E-state index contributed by atoms with van der Waals surface area (Å²) in [5.74, 6) is 1.82. The predicted octanol–water partition coefficient (Wildman–Crippen LogP) is 4.94. The smallest absolute Gasteiger partial charge is 0.128 e. The summed E-state index contributed by atoms with van der Waals surface area (Å²) in [5.41, 5.74) is 1.24. The number of nitrogens with zero attached hydrogens (tertiary/aromatic N) is 2. The Morgan fingerprint density at radius 2 is 2.13 bits per heavy atom. The molecule has 2 aromatic heterocycles. The van der Waals surface area contributed by atoms with Crippen molar-refractivity contribution in [3.63, 3.8) is 0 Å². The highest BCUT2D eigenvalue weighted by atomic mass is 32.2. The van der Waals surface area contributed by atoms with Gasteiger partial charge in [-0.1, -0.05) is 30.3 Å². The maximum absolute atomic E-state index is 5.73. The number of aryl methyl sites for hydroxylation is 1. The number of ether oxygens (including phenoxy) is 1. The first-order chi connectivity index (χ1) is 11.3. The van der Waals surface area contributed by atoms with Gasteiger partial charge >= 0.3 is 0 Å². The van der Waals surface area contributed by atoms with Crippen LogP contribution in [0.25, 0.3) is 20.7 Å². The third-order valence-electron chi connectivity index (χ3n) is 3.96. The van der Waals surface area contributed by atoms with Crippen molar-refractivity contribution < 1.29 is 4.74 Å². The SMILES string of the molecule is Cc1nc(SC[C@@H]2CCCO2)c2cc(-c3ccccc3)sc2n1. The van der Waals surface area contributed by atoms with Gasteiger partial charge in [0.05, 0.1) is 6.10 Å². The molecule has 3 aromatic rings. The van der Waals surface area contributed by atoms with Crippen molar-refractivity contribution in [2.45, 2.75) is 30.9 Å². The van der Waals surface area contributed by atoms with E-state index in [0.29, 0.717) is 6.10 Å². The van der Waals surface area contributed by atoms with Crippen molar-refractivity contribution in [3.8, 4) is 10.4 Å². The lowest BCUT2D eigenvalue weighted by Gasteiger charge is -2.08. The molecule has 3 heterocycles. The third-order valence-corrected chi connectivity index (χ3v) is 6.16. The monoisotopic (exact) mass is 342 g/mol. The average molecular weight is 342 g/mol. The summed E-state index contributed by atoms with van der Waals surface area (Å²) in [7, 11) is 0. The Morgan fingerprint density at radius 3 is 2.91 bits per heavy atom. The summed E-state index contributed by atoms with van der Waals surface area (Å²) in [5, 5.41) is 2.25. The molecule has 1 fully saturated rings. The summed E-state index contributed by atoms with van der Waals surface area (Å²) < 4.78 is 5.73. The van der Waals surface area contributed by atoms with Crippen LogP contribution in [0.2, 0.25) is 0 Å². The standard InChI is InChI=1S/C18H18N2OS2/c1-12-19-17(22-11-14-8-5-9-21-14)15-10-16(23-18(15)20-12)13-6-3-2-4-7-13/h2-4,6-7,10,14H,5,8-9,11H2,1H3/t14-/m0/s1. The zero-order valence-electron chi connectivity index (χ0n) is 13.0. The Morgan fingerprint density at radius 1 is 1.26 bits per heavy atom. The van der Waals surface area contributed by atoms with Gasteiger partial charge < -0.3 is 4.74 Å². The minimum Gasteiger partial charge on any atom is -0.377 e. The number of thiophene rings is 1. The molecule has 0 saturated carbocycles. The van der Waals surface area contributed by atoms with Gasteiger partial charge in [-0.3, -0.25) is 0 Å². The van der Waals surface area contributed by atoms with Crippen LogP contribution in [0.15, 0.2) is 41.4 Å². The lowest BCUT2D eigenvalue weighted by Crippen LogP contribution is -2.08. The minimum atomic E-state index is 0.373. The average Bonchev–Trinajstić information content (AvgIpc) is 3.22. The van der Waals surface area contributed by atoms with E-state index in [-0.39, 0.29) is 0 Å². The highest BCUT2D eigenvalue weighted by Crippen LogP contribution is 2.37. The lowest BCUT2D eigenvalue weighted by atomic mass is 10.2. The summed E-state index contributed by atoms with van der Waals surface area (Å²) in [6.07, 6.45) is 2.72. The molecule has 1 saturated heterocycles. The van der Waals surface area contributed by atoms with Crippen molar-refractivity contribution in [1.29, 1.82) is 0 Å². The second kappa shape index (κ2) is 6.59. The minimum absolute atomic E-state index is 0.373. The van der Waals surface area contributed by atoms with E-state index >= 15 is 0 Å². The van der Waals surface area contributed by atoms with Crippen molar-refractivity contribution in [2.75, 3.05) is 12.4 Å². The molecule has 1 aliphatic heterocycles.